The molecule has 0 saturated carbocycles. The molecule has 0 rings (SSSR count). The van der Waals surface area contributed by atoms with Gasteiger partial charge in [0.05, 0.1) is 12.3 Å². The maximum Gasteiger partial charge on any atom is 0.348 e. The molecule has 0 spiro atoms. The first kappa shape index (κ1) is 29.2. The smallest absolute Gasteiger partial charge is 0.348 e. The molecule has 0 aliphatic rings. The zero-order valence-electron chi connectivity index (χ0n) is 20.0. The van der Waals surface area contributed by atoms with Crippen molar-refractivity contribution < 1.29 is 29.1 Å². The Labute approximate surface area is 188 Å². The van der Waals surface area contributed by atoms with Crippen LogP contribution in [0, 0.1) is 5.92 Å². The molecule has 0 aromatic carbocycles. The average molecular weight is 449 g/mol. The molecule has 30 heavy (non-hydrogen) atoms. The molecule has 0 aliphatic carbocycles. The lowest BCUT2D eigenvalue weighted by atomic mass is 10.00. The number of rotatable bonds is 19. The van der Waals surface area contributed by atoms with Crippen LogP contribution in [0.4, 0.5) is 0 Å². The second-order valence-electron chi connectivity index (χ2n) is 8.49. The van der Waals surface area contributed by atoms with E-state index in [1.165, 1.54) is 25.7 Å². The Kier molecular flexibility index (Phi) is 17.4. The number of unbranched alkanes of at least 4 members (excludes halogenated alkanes) is 4. The minimum absolute atomic E-state index is 0.180. The van der Waals surface area contributed by atoms with E-state index in [9.17, 15) is 9.59 Å². The van der Waals surface area contributed by atoms with Crippen molar-refractivity contribution in [1.29, 1.82) is 0 Å². The van der Waals surface area contributed by atoms with Crippen LogP contribution < -0.4 is 0 Å². The molecule has 2 unspecified atom stereocenters. The minimum atomic E-state index is -0.765. The predicted octanol–water partition coefficient (Wildman–Crippen LogP) is 6.41. The van der Waals surface area contributed by atoms with Gasteiger partial charge in [-0.3, -0.25) is 9.68 Å². The molecule has 0 aromatic heterocycles. The lowest BCUT2D eigenvalue weighted by Gasteiger charge is -2.25. The number of carbonyl (C=O) groups excluding carboxylic acids is 2. The van der Waals surface area contributed by atoms with Gasteiger partial charge in [0, 0.05) is 12.2 Å². The Bertz CT molecular complexity index is 455. The highest BCUT2D eigenvalue weighted by molar-refractivity contribution is 7.99. The SMILES string of the molecule is CCCCCCSCCC(=O)OC(C)CC(C)(C)OOOC(=O)C(CC)CCCC. The van der Waals surface area contributed by atoms with Crippen molar-refractivity contribution in [2.75, 3.05) is 11.5 Å². The number of ether oxygens (including phenoxy) is 1. The number of hydrogen-bond acceptors (Lipinski definition) is 7. The Morgan fingerprint density at radius 1 is 0.967 bits per heavy atom. The van der Waals surface area contributed by atoms with Crippen molar-refractivity contribution in [3.8, 4) is 0 Å². The molecule has 7 heteroatoms. The van der Waals surface area contributed by atoms with Crippen LogP contribution in [0.25, 0.3) is 0 Å². The van der Waals surface area contributed by atoms with E-state index in [1.54, 1.807) is 25.6 Å². The highest BCUT2D eigenvalue weighted by atomic mass is 32.2. The van der Waals surface area contributed by atoms with Crippen LogP contribution in [0.5, 0.6) is 0 Å². The van der Waals surface area contributed by atoms with Gasteiger partial charge in [-0.15, -0.1) is 0 Å². The first-order chi connectivity index (χ1) is 14.3. The molecule has 0 fully saturated rings. The van der Waals surface area contributed by atoms with Crippen LogP contribution in [0.1, 0.15) is 106 Å². The highest BCUT2D eigenvalue weighted by Crippen LogP contribution is 2.21. The van der Waals surface area contributed by atoms with E-state index >= 15 is 0 Å². The summed E-state index contributed by atoms with van der Waals surface area (Å²) in [7, 11) is 0. The Morgan fingerprint density at radius 3 is 2.30 bits per heavy atom. The first-order valence-corrected chi connectivity index (χ1v) is 12.7. The molecule has 2 atom stereocenters. The monoisotopic (exact) mass is 448 g/mol. The molecule has 0 heterocycles. The van der Waals surface area contributed by atoms with E-state index in [4.69, 9.17) is 19.6 Å². The summed E-state index contributed by atoms with van der Waals surface area (Å²) in [4.78, 5) is 34.1. The fourth-order valence-corrected chi connectivity index (χ4v) is 4.01. The maximum atomic E-state index is 12.0. The maximum absolute atomic E-state index is 12.0. The fourth-order valence-electron chi connectivity index (χ4n) is 3.09. The van der Waals surface area contributed by atoms with E-state index in [0.29, 0.717) is 19.3 Å². The standard InChI is InChI=1S/C23H44O6S/c1-7-10-12-13-16-30-17-15-21(24)26-19(4)18-23(5,6)28-29-27-22(25)20(9-3)14-11-8-2/h19-20H,7-18H2,1-6H3. The number of thioether (sulfide) groups is 1. The van der Waals surface area contributed by atoms with Crippen molar-refractivity contribution in [1.82, 2.24) is 0 Å². The second kappa shape index (κ2) is 17.8. The van der Waals surface area contributed by atoms with Gasteiger partial charge in [-0.1, -0.05) is 52.9 Å². The van der Waals surface area contributed by atoms with Gasteiger partial charge in [-0.05, 0) is 50.8 Å². The molecule has 0 aromatic rings. The number of hydrogen-bond donors (Lipinski definition) is 0. The molecule has 0 aliphatic heterocycles. The Hall–Kier alpha value is -0.790. The third kappa shape index (κ3) is 16.0. The minimum Gasteiger partial charge on any atom is -0.463 e. The van der Waals surface area contributed by atoms with E-state index in [0.717, 1.165) is 30.8 Å². The van der Waals surface area contributed by atoms with Crippen molar-refractivity contribution >= 4 is 23.7 Å². The molecular formula is C23H44O6S. The van der Waals surface area contributed by atoms with Crippen LogP contribution >= 0.6 is 11.8 Å². The van der Waals surface area contributed by atoms with E-state index in [-0.39, 0.29) is 18.0 Å². The van der Waals surface area contributed by atoms with Gasteiger partial charge in [0.2, 0.25) is 0 Å². The summed E-state index contributed by atoms with van der Waals surface area (Å²) in [5, 5.41) is 4.76. The van der Waals surface area contributed by atoms with Gasteiger partial charge in [-0.2, -0.15) is 16.6 Å². The van der Waals surface area contributed by atoms with Gasteiger partial charge in [0.25, 0.3) is 0 Å². The summed E-state index contributed by atoms with van der Waals surface area (Å²) < 4.78 is 5.46. The topological polar surface area (TPSA) is 71.1 Å². The quantitative estimate of drug-likeness (QED) is 0.0978. The third-order valence-corrected chi connectivity index (χ3v) is 5.88. The van der Waals surface area contributed by atoms with Gasteiger partial charge < -0.3 is 4.74 Å². The van der Waals surface area contributed by atoms with Crippen molar-refractivity contribution in [3.63, 3.8) is 0 Å². The molecule has 0 saturated heterocycles. The number of carbonyl (C=O) groups is 2. The molecular weight excluding hydrogens is 404 g/mol. The summed E-state index contributed by atoms with van der Waals surface area (Å²) in [6.07, 6.45) is 8.98. The Balaban J connectivity index is 4.03. The molecule has 178 valence electrons. The van der Waals surface area contributed by atoms with Crippen molar-refractivity contribution in [2.45, 2.75) is 117 Å². The molecule has 0 N–H and O–H groups in total. The zero-order valence-corrected chi connectivity index (χ0v) is 20.8. The van der Waals surface area contributed by atoms with E-state index in [1.807, 2.05) is 13.8 Å². The summed E-state index contributed by atoms with van der Waals surface area (Å²) in [6, 6.07) is 0. The lowest BCUT2D eigenvalue weighted by Crippen LogP contribution is -2.32. The van der Waals surface area contributed by atoms with Crippen LogP contribution in [-0.4, -0.2) is 35.1 Å². The summed E-state index contributed by atoms with van der Waals surface area (Å²) >= 11 is 1.80. The average Bonchev–Trinajstić information content (AvgIpc) is 2.67. The Morgan fingerprint density at radius 2 is 1.67 bits per heavy atom. The van der Waals surface area contributed by atoms with Crippen LogP contribution in [-0.2, 0) is 29.1 Å². The van der Waals surface area contributed by atoms with Crippen LogP contribution in [0.2, 0.25) is 0 Å². The van der Waals surface area contributed by atoms with E-state index < -0.39 is 11.6 Å². The summed E-state index contributed by atoms with van der Waals surface area (Å²) in [5.74, 6) is 1.09. The van der Waals surface area contributed by atoms with Crippen LogP contribution in [0.15, 0.2) is 0 Å². The van der Waals surface area contributed by atoms with Gasteiger partial charge >= 0.3 is 11.9 Å². The fraction of sp³-hybridized carbons (Fsp3) is 0.913. The predicted molar refractivity (Wildman–Crippen MR) is 122 cm³/mol. The summed E-state index contributed by atoms with van der Waals surface area (Å²) in [6.45, 7) is 11.7. The zero-order chi connectivity index (χ0) is 22.8. The second-order valence-corrected chi connectivity index (χ2v) is 9.71. The lowest BCUT2D eigenvalue weighted by molar-refractivity contribution is -0.518. The molecule has 0 bridgehead atoms. The molecule has 6 nitrogen and oxygen atoms in total. The normalized spacial score (nSPS) is 13.7. The molecule has 0 radical (unpaired) electrons. The van der Waals surface area contributed by atoms with E-state index in [2.05, 4.69) is 13.8 Å². The van der Waals surface area contributed by atoms with Gasteiger partial charge in [0.1, 0.15) is 11.7 Å². The summed E-state index contributed by atoms with van der Waals surface area (Å²) in [5.41, 5.74) is -0.765. The van der Waals surface area contributed by atoms with Crippen molar-refractivity contribution in [3.05, 3.63) is 0 Å². The van der Waals surface area contributed by atoms with Crippen molar-refractivity contribution in [2.24, 2.45) is 5.92 Å². The third-order valence-electron chi connectivity index (χ3n) is 4.81. The number of esters is 1. The van der Waals surface area contributed by atoms with Gasteiger partial charge in [0.15, 0.2) is 0 Å². The highest BCUT2D eigenvalue weighted by Gasteiger charge is 2.27. The van der Waals surface area contributed by atoms with Crippen LogP contribution in [0.3, 0.4) is 0 Å². The first-order valence-electron chi connectivity index (χ1n) is 11.6. The largest absolute Gasteiger partial charge is 0.463 e. The van der Waals surface area contributed by atoms with Gasteiger partial charge in [-0.25, -0.2) is 4.79 Å². The molecule has 0 amide bonds.